The van der Waals surface area contributed by atoms with E-state index in [2.05, 4.69) is 30.4 Å². The topological polar surface area (TPSA) is 73.5 Å². The maximum atomic E-state index is 4.25. The fourth-order valence-electron chi connectivity index (χ4n) is 2.25. The van der Waals surface area contributed by atoms with E-state index >= 15 is 0 Å². The Labute approximate surface area is 105 Å². The zero-order valence-electron chi connectivity index (χ0n) is 10.3. The van der Waals surface area contributed by atoms with E-state index in [1.807, 2.05) is 10.9 Å². The molecule has 7 nitrogen and oxygen atoms in total. The second-order valence-corrected chi connectivity index (χ2v) is 4.48. The summed E-state index contributed by atoms with van der Waals surface area (Å²) in [7, 11) is 0. The molecule has 18 heavy (non-hydrogen) atoms. The van der Waals surface area contributed by atoms with E-state index in [4.69, 9.17) is 0 Å². The van der Waals surface area contributed by atoms with Gasteiger partial charge in [-0.05, 0) is 12.8 Å². The normalized spacial score (nSPS) is 14.7. The zero-order chi connectivity index (χ0) is 12.2. The highest BCUT2D eigenvalue weighted by molar-refractivity contribution is 4.98. The van der Waals surface area contributed by atoms with Crippen molar-refractivity contribution in [3.63, 3.8) is 0 Å². The third kappa shape index (κ3) is 2.40. The molecule has 3 heterocycles. The van der Waals surface area contributed by atoms with E-state index in [1.165, 1.54) is 12.8 Å². The molecule has 0 spiro atoms. The molecule has 2 aromatic heterocycles. The first-order valence-electron chi connectivity index (χ1n) is 6.39. The van der Waals surface area contributed by atoms with E-state index in [1.54, 1.807) is 6.20 Å². The quantitative estimate of drug-likeness (QED) is 0.753. The first-order valence-corrected chi connectivity index (χ1v) is 6.39. The van der Waals surface area contributed by atoms with Gasteiger partial charge >= 0.3 is 0 Å². The molecular weight excluding hydrogens is 230 g/mol. The predicted molar refractivity (Wildman–Crippen MR) is 64.7 cm³/mol. The molecule has 1 aliphatic rings. The Morgan fingerprint density at radius 2 is 2.28 bits per heavy atom. The van der Waals surface area contributed by atoms with Crippen LogP contribution in [-0.4, -0.2) is 36.3 Å². The van der Waals surface area contributed by atoms with Gasteiger partial charge in [-0.1, -0.05) is 5.21 Å². The van der Waals surface area contributed by atoms with Crippen LogP contribution in [0.25, 0.3) is 0 Å². The summed E-state index contributed by atoms with van der Waals surface area (Å²) in [5.41, 5.74) is 0. The van der Waals surface area contributed by atoms with Gasteiger partial charge in [0.05, 0.1) is 19.3 Å². The van der Waals surface area contributed by atoms with Crippen LogP contribution < -0.4 is 5.32 Å². The van der Waals surface area contributed by atoms with Crippen LogP contribution >= 0.6 is 0 Å². The fourth-order valence-corrected chi connectivity index (χ4v) is 2.25. The molecular formula is C11H17N7. The van der Waals surface area contributed by atoms with Crippen molar-refractivity contribution >= 4 is 0 Å². The van der Waals surface area contributed by atoms with E-state index < -0.39 is 0 Å². The number of aromatic nitrogens is 6. The molecule has 0 radical (unpaired) electrons. The van der Waals surface area contributed by atoms with Gasteiger partial charge in [0.15, 0.2) is 0 Å². The maximum Gasteiger partial charge on any atom is 0.147 e. The van der Waals surface area contributed by atoms with Gasteiger partial charge in [-0.3, -0.25) is 4.68 Å². The van der Waals surface area contributed by atoms with E-state index in [0.717, 1.165) is 44.2 Å². The van der Waals surface area contributed by atoms with Crippen molar-refractivity contribution in [1.29, 1.82) is 0 Å². The average molecular weight is 247 g/mol. The minimum absolute atomic E-state index is 0.766. The number of fused-ring (bicyclic) bond motifs is 1. The molecule has 0 saturated carbocycles. The first kappa shape index (κ1) is 11.3. The second-order valence-electron chi connectivity index (χ2n) is 4.48. The summed E-state index contributed by atoms with van der Waals surface area (Å²) in [6, 6.07) is 0. The molecule has 1 N–H and O–H groups in total. The average Bonchev–Trinajstić information content (AvgIpc) is 3.04. The number of hydrogen-bond acceptors (Lipinski definition) is 5. The lowest BCUT2D eigenvalue weighted by molar-refractivity contribution is 0.487. The molecule has 0 bridgehead atoms. The summed E-state index contributed by atoms with van der Waals surface area (Å²) < 4.78 is 4.05. The zero-order valence-corrected chi connectivity index (χ0v) is 10.3. The minimum atomic E-state index is 0.766. The van der Waals surface area contributed by atoms with Gasteiger partial charge in [-0.15, -0.1) is 15.3 Å². The lowest BCUT2D eigenvalue weighted by Crippen LogP contribution is -2.23. The van der Waals surface area contributed by atoms with E-state index in [-0.39, 0.29) is 0 Å². The monoisotopic (exact) mass is 247 g/mol. The van der Waals surface area contributed by atoms with Crippen molar-refractivity contribution in [3.8, 4) is 0 Å². The minimum Gasteiger partial charge on any atom is -0.314 e. The molecule has 96 valence electrons. The van der Waals surface area contributed by atoms with Crippen molar-refractivity contribution in [2.75, 3.05) is 6.54 Å². The molecule has 0 fully saturated rings. The Hall–Kier alpha value is -1.76. The maximum absolute atomic E-state index is 4.25. The second kappa shape index (κ2) is 5.26. The Balaban J connectivity index is 1.49. The van der Waals surface area contributed by atoms with E-state index in [9.17, 15) is 0 Å². The molecule has 0 amide bonds. The Kier molecular flexibility index (Phi) is 3.31. The van der Waals surface area contributed by atoms with Crippen molar-refractivity contribution < 1.29 is 0 Å². The van der Waals surface area contributed by atoms with Crippen LogP contribution in [0.15, 0.2) is 12.4 Å². The van der Waals surface area contributed by atoms with Crippen LogP contribution in [0.5, 0.6) is 0 Å². The van der Waals surface area contributed by atoms with Crippen molar-refractivity contribution in [1.82, 2.24) is 35.1 Å². The van der Waals surface area contributed by atoms with Gasteiger partial charge in [0.2, 0.25) is 0 Å². The smallest absolute Gasteiger partial charge is 0.147 e. The summed E-state index contributed by atoms with van der Waals surface area (Å²) in [6.07, 6.45) is 7.08. The molecule has 0 aliphatic carbocycles. The summed E-state index contributed by atoms with van der Waals surface area (Å²) in [4.78, 5) is 0. The highest BCUT2D eigenvalue weighted by Gasteiger charge is 2.14. The van der Waals surface area contributed by atoms with Crippen molar-refractivity contribution in [3.05, 3.63) is 24.0 Å². The van der Waals surface area contributed by atoms with Gasteiger partial charge in [0.1, 0.15) is 11.6 Å². The Bertz CT molecular complexity index is 487. The third-order valence-electron chi connectivity index (χ3n) is 3.21. The van der Waals surface area contributed by atoms with Crippen molar-refractivity contribution in [2.24, 2.45) is 0 Å². The largest absolute Gasteiger partial charge is 0.314 e. The van der Waals surface area contributed by atoms with Gasteiger partial charge < -0.3 is 9.88 Å². The molecule has 1 aliphatic heterocycles. The lowest BCUT2D eigenvalue weighted by Gasteiger charge is -2.14. The molecule has 3 rings (SSSR count). The van der Waals surface area contributed by atoms with Crippen molar-refractivity contribution in [2.45, 2.75) is 38.9 Å². The number of aryl methyl sites for hydroxylation is 1. The van der Waals surface area contributed by atoms with E-state index in [0.29, 0.717) is 0 Å². The van der Waals surface area contributed by atoms with Crippen LogP contribution in [0.4, 0.5) is 0 Å². The van der Waals surface area contributed by atoms with Gasteiger partial charge in [-0.2, -0.15) is 0 Å². The summed E-state index contributed by atoms with van der Waals surface area (Å²) in [5.74, 6) is 2.18. The van der Waals surface area contributed by atoms with Gasteiger partial charge in [0.25, 0.3) is 0 Å². The summed E-state index contributed by atoms with van der Waals surface area (Å²) in [5, 5.41) is 19.5. The Morgan fingerprint density at radius 3 is 3.17 bits per heavy atom. The predicted octanol–water partition coefficient (Wildman–Crippen LogP) is -0.00430. The highest BCUT2D eigenvalue weighted by atomic mass is 15.4. The molecule has 0 aromatic carbocycles. The molecule has 0 saturated heterocycles. The molecule has 0 atom stereocenters. The number of nitrogens with one attached hydrogen (secondary N) is 1. The van der Waals surface area contributed by atoms with Crippen LogP contribution in [0.1, 0.15) is 24.5 Å². The van der Waals surface area contributed by atoms with Crippen LogP contribution in [-0.2, 0) is 26.1 Å². The SMILES string of the molecule is c1cn(CCNCc2nnc3n2CCCC3)nn1. The first-order chi connectivity index (χ1) is 8.93. The van der Waals surface area contributed by atoms with Gasteiger partial charge in [-0.25, -0.2) is 0 Å². The van der Waals surface area contributed by atoms with Gasteiger partial charge in [0, 0.05) is 25.7 Å². The lowest BCUT2D eigenvalue weighted by atomic mass is 10.2. The summed E-state index contributed by atoms with van der Waals surface area (Å²) >= 11 is 0. The molecule has 7 heteroatoms. The Morgan fingerprint density at radius 1 is 1.28 bits per heavy atom. The standard InChI is InChI=1S/C11H17N7/c1-2-6-18-10(3-1)14-15-11(18)9-12-4-7-17-8-5-13-16-17/h5,8,12H,1-4,6-7,9H2. The van der Waals surface area contributed by atoms with Crippen LogP contribution in [0, 0.1) is 0 Å². The summed E-state index contributed by atoms with van der Waals surface area (Å²) in [6.45, 7) is 3.50. The third-order valence-corrected chi connectivity index (χ3v) is 3.21. The van der Waals surface area contributed by atoms with Crippen LogP contribution in [0.2, 0.25) is 0 Å². The van der Waals surface area contributed by atoms with Crippen LogP contribution in [0.3, 0.4) is 0 Å². The number of nitrogens with zero attached hydrogens (tertiary/aromatic N) is 6. The number of hydrogen-bond donors (Lipinski definition) is 1. The fraction of sp³-hybridized carbons (Fsp3) is 0.636. The highest BCUT2D eigenvalue weighted by Crippen LogP contribution is 2.13. The number of rotatable bonds is 5. The molecule has 0 unspecified atom stereocenters. The molecule has 2 aromatic rings.